The van der Waals surface area contributed by atoms with Crippen LogP contribution in [0.25, 0.3) is 0 Å². The molecule has 1 aromatic heterocycles. The Kier molecular flexibility index (Phi) is 6.68. The maximum Gasteiger partial charge on any atom is 0.206 e. The standard InChI is InChI=1S/C16H20FN3O2S2/c17-12-4-6-13(7-5-12)21-9-2-10-23-16-20-19-15(24-16)18-11-14-3-1-8-22-14/h4-7,14H,1-3,8-11H2,(H,18,19). The summed E-state index contributed by atoms with van der Waals surface area (Å²) in [6.45, 7) is 2.26. The first kappa shape index (κ1) is 17.4. The minimum atomic E-state index is -0.252. The minimum absolute atomic E-state index is 0.252. The fourth-order valence-corrected chi connectivity index (χ4v) is 4.03. The third kappa shape index (κ3) is 5.61. The van der Waals surface area contributed by atoms with Crippen molar-refractivity contribution < 1.29 is 13.9 Å². The third-order valence-corrected chi connectivity index (χ3v) is 5.61. The molecule has 0 amide bonds. The Morgan fingerprint density at radius 2 is 2.21 bits per heavy atom. The van der Waals surface area contributed by atoms with E-state index >= 15 is 0 Å². The van der Waals surface area contributed by atoms with Crippen LogP contribution in [0.5, 0.6) is 5.75 Å². The summed E-state index contributed by atoms with van der Waals surface area (Å²) in [5.41, 5.74) is 0. The van der Waals surface area contributed by atoms with Gasteiger partial charge in [-0.2, -0.15) is 0 Å². The number of anilines is 1. The molecule has 8 heteroatoms. The van der Waals surface area contributed by atoms with Crippen LogP contribution < -0.4 is 10.1 Å². The van der Waals surface area contributed by atoms with Gasteiger partial charge < -0.3 is 14.8 Å². The fourth-order valence-electron chi connectivity index (χ4n) is 2.29. The van der Waals surface area contributed by atoms with E-state index in [1.54, 1.807) is 35.2 Å². The molecule has 0 saturated carbocycles. The van der Waals surface area contributed by atoms with Gasteiger partial charge in [-0.25, -0.2) is 4.39 Å². The summed E-state index contributed by atoms with van der Waals surface area (Å²) in [5, 5.41) is 12.4. The number of benzene rings is 1. The van der Waals surface area contributed by atoms with Crippen molar-refractivity contribution in [2.45, 2.75) is 29.7 Å². The molecule has 1 atom stereocenters. The molecule has 1 aliphatic heterocycles. The van der Waals surface area contributed by atoms with Gasteiger partial charge in [0.05, 0.1) is 12.7 Å². The van der Waals surface area contributed by atoms with Crippen molar-refractivity contribution in [3.63, 3.8) is 0 Å². The molecule has 0 radical (unpaired) electrons. The maximum absolute atomic E-state index is 12.8. The van der Waals surface area contributed by atoms with Gasteiger partial charge in [0.1, 0.15) is 11.6 Å². The molecule has 5 nitrogen and oxygen atoms in total. The van der Waals surface area contributed by atoms with Gasteiger partial charge in [0.2, 0.25) is 5.13 Å². The smallest absolute Gasteiger partial charge is 0.206 e. The molecular weight excluding hydrogens is 349 g/mol. The Hall–Kier alpha value is -1.38. The van der Waals surface area contributed by atoms with E-state index in [4.69, 9.17) is 9.47 Å². The molecule has 2 aromatic rings. The van der Waals surface area contributed by atoms with E-state index in [2.05, 4.69) is 15.5 Å². The number of aromatic nitrogens is 2. The summed E-state index contributed by atoms with van der Waals surface area (Å²) in [6, 6.07) is 6.07. The van der Waals surface area contributed by atoms with Crippen LogP contribution in [0.3, 0.4) is 0 Å². The summed E-state index contributed by atoms with van der Waals surface area (Å²) < 4.78 is 24.9. The van der Waals surface area contributed by atoms with Gasteiger partial charge in [-0.1, -0.05) is 23.1 Å². The monoisotopic (exact) mass is 369 g/mol. The van der Waals surface area contributed by atoms with Gasteiger partial charge in [-0.05, 0) is 43.5 Å². The van der Waals surface area contributed by atoms with E-state index in [0.29, 0.717) is 18.5 Å². The first-order chi connectivity index (χ1) is 11.8. The van der Waals surface area contributed by atoms with Gasteiger partial charge in [-0.3, -0.25) is 0 Å². The van der Waals surface area contributed by atoms with E-state index in [1.165, 1.54) is 12.1 Å². The molecule has 24 heavy (non-hydrogen) atoms. The van der Waals surface area contributed by atoms with Crippen molar-refractivity contribution in [2.24, 2.45) is 0 Å². The van der Waals surface area contributed by atoms with Gasteiger partial charge in [-0.15, -0.1) is 10.2 Å². The van der Waals surface area contributed by atoms with Crippen molar-refractivity contribution in [1.82, 2.24) is 10.2 Å². The molecule has 0 spiro atoms. The second kappa shape index (κ2) is 9.19. The number of nitrogens with zero attached hydrogens (tertiary/aromatic N) is 2. The van der Waals surface area contributed by atoms with E-state index < -0.39 is 0 Å². The topological polar surface area (TPSA) is 56.3 Å². The first-order valence-corrected chi connectivity index (χ1v) is 9.80. The van der Waals surface area contributed by atoms with Crippen molar-refractivity contribution in [3.05, 3.63) is 30.1 Å². The van der Waals surface area contributed by atoms with E-state index in [0.717, 1.165) is 47.6 Å². The predicted molar refractivity (Wildman–Crippen MR) is 94.6 cm³/mol. The molecule has 2 heterocycles. The Morgan fingerprint density at radius 1 is 1.33 bits per heavy atom. The van der Waals surface area contributed by atoms with Crippen LogP contribution in [0, 0.1) is 5.82 Å². The number of nitrogens with one attached hydrogen (secondary N) is 1. The Labute approximate surface area is 149 Å². The number of halogens is 1. The molecule has 0 aliphatic carbocycles. The zero-order valence-electron chi connectivity index (χ0n) is 13.2. The van der Waals surface area contributed by atoms with Crippen LogP contribution in [-0.2, 0) is 4.74 Å². The lowest BCUT2D eigenvalue weighted by molar-refractivity contribution is 0.120. The van der Waals surface area contributed by atoms with Crippen LogP contribution in [0.4, 0.5) is 9.52 Å². The summed E-state index contributed by atoms with van der Waals surface area (Å²) in [5.74, 6) is 1.35. The molecule has 1 aliphatic rings. The predicted octanol–water partition coefficient (Wildman–Crippen LogP) is 3.83. The van der Waals surface area contributed by atoms with Gasteiger partial charge in [0.15, 0.2) is 4.34 Å². The largest absolute Gasteiger partial charge is 0.494 e. The first-order valence-electron chi connectivity index (χ1n) is 8.00. The Morgan fingerprint density at radius 3 is 3.00 bits per heavy atom. The molecule has 1 aromatic carbocycles. The maximum atomic E-state index is 12.8. The molecular formula is C16H20FN3O2S2. The van der Waals surface area contributed by atoms with Gasteiger partial charge >= 0.3 is 0 Å². The molecule has 130 valence electrons. The van der Waals surface area contributed by atoms with Crippen LogP contribution >= 0.6 is 23.1 Å². The van der Waals surface area contributed by atoms with Crippen LogP contribution in [0.1, 0.15) is 19.3 Å². The highest BCUT2D eigenvalue weighted by Crippen LogP contribution is 2.26. The van der Waals surface area contributed by atoms with Gasteiger partial charge in [0, 0.05) is 18.9 Å². The Balaban J connectivity index is 1.29. The van der Waals surface area contributed by atoms with E-state index in [9.17, 15) is 4.39 Å². The zero-order chi connectivity index (χ0) is 16.6. The van der Waals surface area contributed by atoms with Crippen LogP contribution in [-0.4, -0.2) is 41.8 Å². The van der Waals surface area contributed by atoms with Crippen molar-refractivity contribution in [3.8, 4) is 5.75 Å². The lowest BCUT2D eigenvalue weighted by Crippen LogP contribution is -2.18. The number of hydrogen-bond acceptors (Lipinski definition) is 7. The average Bonchev–Trinajstić information content (AvgIpc) is 3.26. The molecule has 1 fully saturated rings. The normalized spacial score (nSPS) is 17.1. The number of ether oxygens (including phenoxy) is 2. The van der Waals surface area contributed by atoms with Crippen LogP contribution in [0.15, 0.2) is 28.6 Å². The highest BCUT2D eigenvalue weighted by Gasteiger charge is 2.15. The summed E-state index contributed by atoms with van der Waals surface area (Å²) in [6.07, 6.45) is 3.44. The molecule has 3 rings (SSSR count). The van der Waals surface area contributed by atoms with Crippen LogP contribution in [0.2, 0.25) is 0 Å². The minimum Gasteiger partial charge on any atom is -0.494 e. The zero-order valence-corrected chi connectivity index (χ0v) is 14.9. The highest BCUT2D eigenvalue weighted by atomic mass is 32.2. The molecule has 1 unspecified atom stereocenters. The Bertz CT molecular complexity index is 618. The fraction of sp³-hybridized carbons (Fsp3) is 0.500. The number of thioether (sulfide) groups is 1. The van der Waals surface area contributed by atoms with Crippen molar-refractivity contribution in [2.75, 3.05) is 30.8 Å². The third-order valence-electron chi connectivity index (χ3n) is 3.51. The van der Waals surface area contributed by atoms with E-state index in [-0.39, 0.29) is 5.82 Å². The second-order valence-corrected chi connectivity index (χ2v) is 7.71. The number of rotatable bonds is 9. The summed E-state index contributed by atoms with van der Waals surface area (Å²) in [4.78, 5) is 0. The van der Waals surface area contributed by atoms with E-state index in [1.807, 2.05) is 0 Å². The number of hydrogen-bond donors (Lipinski definition) is 1. The average molecular weight is 369 g/mol. The van der Waals surface area contributed by atoms with Crippen molar-refractivity contribution >= 4 is 28.2 Å². The lowest BCUT2D eigenvalue weighted by atomic mass is 10.2. The lowest BCUT2D eigenvalue weighted by Gasteiger charge is -2.08. The molecule has 1 saturated heterocycles. The highest BCUT2D eigenvalue weighted by molar-refractivity contribution is 8.01. The van der Waals surface area contributed by atoms with Crippen molar-refractivity contribution in [1.29, 1.82) is 0 Å². The molecule has 1 N–H and O–H groups in total. The van der Waals surface area contributed by atoms with Gasteiger partial charge in [0.25, 0.3) is 0 Å². The second-order valence-electron chi connectivity index (χ2n) is 5.39. The summed E-state index contributed by atoms with van der Waals surface area (Å²) in [7, 11) is 0. The SMILES string of the molecule is Fc1ccc(OCCCSc2nnc(NCC3CCCO3)s2)cc1. The molecule has 0 bridgehead atoms. The quantitative estimate of drug-likeness (QED) is 0.535. The summed E-state index contributed by atoms with van der Waals surface area (Å²) >= 11 is 3.23.